The van der Waals surface area contributed by atoms with Crippen molar-refractivity contribution in [1.82, 2.24) is 4.57 Å². The highest BCUT2D eigenvalue weighted by Crippen LogP contribution is 1.78. The van der Waals surface area contributed by atoms with Crippen molar-refractivity contribution in [2.45, 2.75) is 6.54 Å². The molecule has 2 heteroatoms. The van der Waals surface area contributed by atoms with E-state index in [0.717, 1.165) is 6.54 Å². The standard InChI is InChI=1S/C6H10N2/c1-3-8-5-4-7(2)6-8/h4-6H,1,3H2,2H3/q+1. The summed E-state index contributed by atoms with van der Waals surface area (Å²) in [5, 5.41) is 0. The van der Waals surface area contributed by atoms with E-state index in [1.54, 1.807) is 0 Å². The summed E-state index contributed by atoms with van der Waals surface area (Å²) in [6, 6.07) is 0. The van der Waals surface area contributed by atoms with Gasteiger partial charge in [0.25, 0.3) is 0 Å². The van der Waals surface area contributed by atoms with Crippen LogP contribution in [0, 0.1) is 6.92 Å². The summed E-state index contributed by atoms with van der Waals surface area (Å²) in [4.78, 5) is 0. The van der Waals surface area contributed by atoms with Crippen LogP contribution in [0.3, 0.4) is 0 Å². The van der Waals surface area contributed by atoms with Crippen molar-refractivity contribution in [1.29, 1.82) is 0 Å². The van der Waals surface area contributed by atoms with Crippen molar-refractivity contribution in [3.05, 3.63) is 25.6 Å². The van der Waals surface area contributed by atoms with Gasteiger partial charge in [-0.3, -0.25) is 0 Å². The smallest absolute Gasteiger partial charge is 0.240 e. The number of nitrogens with zero attached hydrogens (tertiary/aromatic N) is 2. The third-order valence-electron chi connectivity index (χ3n) is 1.08. The third-order valence-corrected chi connectivity index (χ3v) is 1.08. The summed E-state index contributed by atoms with van der Waals surface area (Å²) in [5.74, 6) is 0. The molecule has 8 heavy (non-hydrogen) atoms. The van der Waals surface area contributed by atoms with Crippen molar-refractivity contribution in [2.75, 3.05) is 0 Å². The fourth-order valence-corrected chi connectivity index (χ4v) is 0.634. The van der Waals surface area contributed by atoms with Crippen LogP contribution in [-0.2, 0) is 13.6 Å². The molecule has 1 aromatic heterocycles. The second-order valence-electron chi connectivity index (χ2n) is 1.82. The molecule has 0 aliphatic carbocycles. The topological polar surface area (TPSA) is 8.81 Å². The van der Waals surface area contributed by atoms with Gasteiger partial charge in [-0.1, -0.05) is 0 Å². The SMILES string of the molecule is [CH2]Cn1cc[n+](C)c1. The first-order chi connectivity index (χ1) is 3.83. The predicted molar refractivity (Wildman–Crippen MR) is 31.0 cm³/mol. The summed E-state index contributed by atoms with van der Waals surface area (Å²) in [7, 11) is 1.99. The number of hydrogen-bond donors (Lipinski definition) is 0. The van der Waals surface area contributed by atoms with E-state index in [4.69, 9.17) is 0 Å². The van der Waals surface area contributed by atoms with Gasteiger partial charge in [-0.2, -0.15) is 0 Å². The first-order valence-corrected chi connectivity index (χ1v) is 2.63. The highest BCUT2D eigenvalue weighted by atomic mass is 15.1. The molecule has 0 saturated heterocycles. The fourth-order valence-electron chi connectivity index (χ4n) is 0.634. The van der Waals surface area contributed by atoms with Gasteiger partial charge >= 0.3 is 0 Å². The molecule has 0 aliphatic heterocycles. The zero-order valence-electron chi connectivity index (χ0n) is 5.04. The molecule has 1 rings (SSSR count). The Kier molecular flexibility index (Phi) is 1.33. The van der Waals surface area contributed by atoms with Gasteiger partial charge in [0, 0.05) is 0 Å². The summed E-state index contributed by atoms with van der Waals surface area (Å²) in [6.07, 6.45) is 5.98. The molecule has 0 fully saturated rings. The molecule has 0 bridgehead atoms. The van der Waals surface area contributed by atoms with Crippen molar-refractivity contribution >= 4 is 0 Å². The highest BCUT2D eigenvalue weighted by molar-refractivity contribution is 4.65. The van der Waals surface area contributed by atoms with Gasteiger partial charge in [0.15, 0.2) is 0 Å². The van der Waals surface area contributed by atoms with E-state index in [2.05, 4.69) is 6.92 Å². The number of imidazole rings is 1. The lowest BCUT2D eigenvalue weighted by Gasteiger charge is -1.80. The summed E-state index contributed by atoms with van der Waals surface area (Å²) in [6.45, 7) is 4.53. The minimum atomic E-state index is 0.806. The Hall–Kier alpha value is -0.790. The van der Waals surface area contributed by atoms with Gasteiger partial charge in [0.05, 0.1) is 13.6 Å². The van der Waals surface area contributed by atoms with Crippen molar-refractivity contribution < 1.29 is 4.57 Å². The van der Waals surface area contributed by atoms with Gasteiger partial charge in [0.2, 0.25) is 6.33 Å². The summed E-state index contributed by atoms with van der Waals surface area (Å²) >= 11 is 0. The fraction of sp³-hybridized carbons (Fsp3) is 0.333. The van der Waals surface area contributed by atoms with Crippen molar-refractivity contribution in [2.24, 2.45) is 7.05 Å². The molecule has 0 unspecified atom stereocenters. The second kappa shape index (κ2) is 1.99. The quantitative estimate of drug-likeness (QED) is 0.455. The van der Waals surface area contributed by atoms with E-state index in [1.807, 2.05) is 34.9 Å². The number of aryl methyl sites for hydroxylation is 1. The molecule has 0 N–H and O–H groups in total. The molecule has 1 heterocycles. The minimum Gasteiger partial charge on any atom is -0.240 e. The normalized spacial score (nSPS) is 9.75. The van der Waals surface area contributed by atoms with Crippen LogP contribution in [0.25, 0.3) is 0 Å². The third kappa shape index (κ3) is 0.886. The van der Waals surface area contributed by atoms with Crippen LogP contribution in [0.5, 0.6) is 0 Å². The summed E-state index contributed by atoms with van der Waals surface area (Å²) < 4.78 is 4.01. The van der Waals surface area contributed by atoms with Gasteiger partial charge < -0.3 is 0 Å². The van der Waals surface area contributed by atoms with Crippen LogP contribution in [-0.4, -0.2) is 4.57 Å². The number of aromatic nitrogens is 2. The maximum atomic E-state index is 3.72. The van der Waals surface area contributed by atoms with E-state index < -0.39 is 0 Å². The first-order valence-electron chi connectivity index (χ1n) is 2.63. The van der Waals surface area contributed by atoms with E-state index in [-0.39, 0.29) is 0 Å². The Morgan fingerprint density at radius 3 is 2.75 bits per heavy atom. The van der Waals surface area contributed by atoms with Crippen LogP contribution in [0.1, 0.15) is 0 Å². The maximum absolute atomic E-state index is 3.72. The van der Waals surface area contributed by atoms with Crippen molar-refractivity contribution in [3.8, 4) is 0 Å². The molecule has 43 valence electrons. The molecular formula is C6H10N2+. The molecule has 1 radical (unpaired) electrons. The first kappa shape index (κ1) is 5.35. The second-order valence-corrected chi connectivity index (χ2v) is 1.82. The Balaban J connectivity index is 2.84. The highest BCUT2D eigenvalue weighted by Gasteiger charge is 1.92. The molecule has 0 amide bonds. The minimum absolute atomic E-state index is 0.806. The van der Waals surface area contributed by atoms with Gasteiger partial charge in [-0.15, -0.1) is 0 Å². The number of rotatable bonds is 1. The molecule has 2 nitrogen and oxygen atoms in total. The van der Waals surface area contributed by atoms with Gasteiger partial charge in [-0.05, 0) is 6.92 Å². The predicted octanol–water partition coefficient (Wildman–Crippen LogP) is 0.147. The zero-order chi connectivity index (χ0) is 5.98. The summed E-state index contributed by atoms with van der Waals surface area (Å²) in [5.41, 5.74) is 0. The van der Waals surface area contributed by atoms with Crippen LogP contribution < -0.4 is 4.57 Å². The largest absolute Gasteiger partial charge is 0.243 e. The van der Waals surface area contributed by atoms with Gasteiger partial charge in [0.1, 0.15) is 12.4 Å². The Morgan fingerprint density at radius 2 is 2.50 bits per heavy atom. The lowest BCUT2D eigenvalue weighted by molar-refractivity contribution is -0.671. The molecular weight excluding hydrogens is 100 g/mol. The Bertz CT molecular complexity index is 167. The lowest BCUT2D eigenvalue weighted by Crippen LogP contribution is -2.23. The van der Waals surface area contributed by atoms with Crippen LogP contribution in [0.4, 0.5) is 0 Å². The number of hydrogen-bond acceptors (Lipinski definition) is 0. The molecule has 0 aliphatic rings. The lowest BCUT2D eigenvalue weighted by atomic mass is 10.7. The molecule has 0 atom stereocenters. The average Bonchev–Trinajstić information content (AvgIpc) is 2.14. The maximum Gasteiger partial charge on any atom is 0.243 e. The van der Waals surface area contributed by atoms with E-state index in [9.17, 15) is 0 Å². The molecule has 0 saturated carbocycles. The monoisotopic (exact) mass is 110 g/mol. The zero-order valence-corrected chi connectivity index (χ0v) is 5.04. The average molecular weight is 110 g/mol. The molecule has 1 aromatic rings. The van der Waals surface area contributed by atoms with Crippen molar-refractivity contribution in [3.63, 3.8) is 0 Å². The van der Waals surface area contributed by atoms with Crippen LogP contribution >= 0.6 is 0 Å². The Labute approximate surface area is 49.4 Å². The molecule has 0 aromatic carbocycles. The van der Waals surface area contributed by atoms with Crippen LogP contribution in [0.2, 0.25) is 0 Å². The van der Waals surface area contributed by atoms with E-state index in [0.29, 0.717) is 0 Å². The molecule has 0 spiro atoms. The van der Waals surface area contributed by atoms with Crippen LogP contribution in [0.15, 0.2) is 18.7 Å². The van der Waals surface area contributed by atoms with Gasteiger partial charge in [-0.25, -0.2) is 9.13 Å². The Morgan fingerprint density at radius 1 is 1.75 bits per heavy atom. The van der Waals surface area contributed by atoms with E-state index in [1.165, 1.54) is 0 Å². The van der Waals surface area contributed by atoms with E-state index >= 15 is 0 Å².